The molecule has 2 N–H and O–H groups in total. The average Bonchev–Trinajstić information content (AvgIpc) is 3.26. The number of amides is 2. The molecule has 4 rings (SSSR count). The van der Waals surface area contributed by atoms with Crippen LogP contribution >= 0.6 is 0 Å². The maximum atomic E-state index is 13.1. The van der Waals surface area contributed by atoms with Crippen LogP contribution in [-0.2, 0) is 16.0 Å². The van der Waals surface area contributed by atoms with Crippen molar-refractivity contribution in [1.82, 2.24) is 10.3 Å². The molecule has 2 amide bonds. The quantitative estimate of drug-likeness (QED) is 0.714. The van der Waals surface area contributed by atoms with E-state index in [1.54, 1.807) is 17.0 Å². The zero-order valence-corrected chi connectivity index (χ0v) is 15.7. The summed E-state index contributed by atoms with van der Waals surface area (Å²) in [5, 5.41) is 4.13. The number of aromatic amines is 1. The standard InChI is InChI=1S/C22H22FN3O2/c1-14-2-7-20-19(10-14)15(12-25-20)8-9-24-22(28)16-11-21(27)26(13-16)18-5-3-17(23)4-6-18/h2-7,10,12,16,25H,8-9,11,13H2,1H3,(H,24,28). The van der Waals surface area contributed by atoms with Crippen molar-refractivity contribution in [3.05, 3.63) is 65.6 Å². The number of aryl methyl sites for hydroxylation is 1. The van der Waals surface area contributed by atoms with Crippen molar-refractivity contribution in [2.75, 3.05) is 18.0 Å². The molecule has 1 saturated heterocycles. The number of benzene rings is 2. The van der Waals surface area contributed by atoms with Crippen LogP contribution in [-0.4, -0.2) is 29.9 Å². The molecule has 1 unspecified atom stereocenters. The van der Waals surface area contributed by atoms with Crippen molar-refractivity contribution in [3.8, 4) is 0 Å². The summed E-state index contributed by atoms with van der Waals surface area (Å²) in [7, 11) is 0. The summed E-state index contributed by atoms with van der Waals surface area (Å²) >= 11 is 0. The SMILES string of the molecule is Cc1ccc2[nH]cc(CCNC(=O)C3CC(=O)N(c4ccc(F)cc4)C3)c2c1. The largest absolute Gasteiger partial charge is 0.361 e. The van der Waals surface area contributed by atoms with E-state index in [0.29, 0.717) is 18.8 Å². The first-order valence-corrected chi connectivity index (χ1v) is 9.41. The Bertz CT molecular complexity index is 1030. The minimum absolute atomic E-state index is 0.112. The van der Waals surface area contributed by atoms with Gasteiger partial charge in [-0.3, -0.25) is 9.59 Å². The Morgan fingerprint density at radius 2 is 2.04 bits per heavy atom. The van der Waals surface area contributed by atoms with Crippen molar-refractivity contribution < 1.29 is 14.0 Å². The lowest BCUT2D eigenvalue weighted by molar-refractivity contribution is -0.126. The smallest absolute Gasteiger partial charge is 0.227 e. The number of hydrogen-bond acceptors (Lipinski definition) is 2. The Labute approximate surface area is 162 Å². The fraction of sp³-hybridized carbons (Fsp3) is 0.273. The summed E-state index contributed by atoms with van der Waals surface area (Å²) in [5.41, 5.74) is 4.07. The van der Waals surface area contributed by atoms with Gasteiger partial charge in [0.15, 0.2) is 0 Å². The van der Waals surface area contributed by atoms with E-state index in [9.17, 15) is 14.0 Å². The van der Waals surface area contributed by atoms with Crippen LogP contribution in [0.1, 0.15) is 17.5 Å². The fourth-order valence-electron chi connectivity index (χ4n) is 3.72. The predicted octanol–water partition coefficient (Wildman–Crippen LogP) is 3.33. The number of H-pyrrole nitrogens is 1. The van der Waals surface area contributed by atoms with Crippen molar-refractivity contribution in [1.29, 1.82) is 0 Å². The van der Waals surface area contributed by atoms with Gasteiger partial charge in [0, 0.05) is 42.3 Å². The number of anilines is 1. The molecule has 0 aliphatic carbocycles. The molecule has 144 valence electrons. The van der Waals surface area contributed by atoms with Crippen LogP contribution < -0.4 is 10.2 Å². The molecule has 6 heteroatoms. The summed E-state index contributed by atoms with van der Waals surface area (Å²) in [4.78, 5) is 29.6. The molecule has 0 saturated carbocycles. The van der Waals surface area contributed by atoms with Gasteiger partial charge in [-0.1, -0.05) is 11.6 Å². The molecule has 2 aromatic carbocycles. The van der Waals surface area contributed by atoms with E-state index in [4.69, 9.17) is 0 Å². The summed E-state index contributed by atoms with van der Waals surface area (Å²) in [6.45, 7) is 2.89. The van der Waals surface area contributed by atoms with Crippen LogP contribution in [0.15, 0.2) is 48.7 Å². The maximum Gasteiger partial charge on any atom is 0.227 e. The molecule has 1 aliphatic heterocycles. The number of hydrogen-bond donors (Lipinski definition) is 2. The second kappa shape index (κ2) is 7.46. The minimum Gasteiger partial charge on any atom is -0.361 e. The van der Waals surface area contributed by atoms with Crippen LogP contribution in [0.4, 0.5) is 10.1 Å². The van der Waals surface area contributed by atoms with Crippen molar-refractivity contribution >= 4 is 28.4 Å². The third-order valence-corrected chi connectivity index (χ3v) is 5.25. The van der Waals surface area contributed by atoms with E-state index in [1.165, 1.54) is 23.1 Å². The van der Waals surface area contributed by atoms with Crippen molar-refractivity contribution in [2.45, 2.75) is 19.8 Å². The highest BCUT2D eigenvalue weighted by Crippen LogP contribution is 2.25. The first-order valence-electron chi connectivity index (χ1n) is 9.41. The van der Waals surface area contributed by atoms with E-state index in [1.807, 2.05) is 6.20 Å². The van der Waals surface area contributed by atoms with Gasteiger partial charge in [-0.2, -0.15) is 0 Å². The molecular formula is C22H22FN3O2. The minimum atomic E-state index is -0.386. The molecule has 2 heterocycles. The molecule has 1 atom stereocenters. The van der Waals surface area contributed by atoms with E-state index < -0.39 is 0 Å². The number of fused-ring (bicyclic) bond motifs is 1. The number of aromatic nitrogens is 1. The number of nitrogens with zero attached hydrogens (tertiary/aromatic N) is 1. The van der Waals surface area contributed by atoms with Gasteiger partial charge in [-0.15, -0.1) is 0 Å². The van der Waals surface area contributed by atoms with Crippen LogP contribution in [0.5, 0.6) is 0 Å². The molecular weight excluding hydrogens is 357 g/mol. The number of halogens is 1. The van der Waals surface area contributed by atoms with E-state index in [-0.39, 0.29) is 30.0 Å². The van der Waals surface area contributed by atoms with Gasteiger partial charge in [0.2, 0.25) is 11.8 Å². The summed E-state index contributed by atoms with van der Waals surface area (Å²) in [6, 6.07) is 12.0. The van der Waals surface area contributed by atoms with Gasteiger partial charge in [-0.25, -0.2) is 4.39 Å². The number of carbonyl (C=O) groups excluding carboxylic acids is 2. The van der Waals surface area contributed by atoms with Crippen LogP contribution in [0.25, 0.3) is 10.9 Å². The molecule has 0 radical (unpaired) electrons. The van der Waals surface area contributed by atoms with E-state index in [2.05, 4.69) is 35.4 Å². The van der Waals surface area contributed by atoms with Crippen molar-refractivity contribution in [2.24, 2.45) is 5.92 Å². The van der Waals surface area contributed by atoms with Crippen LogP contribution in [0, 0.1) is 18.7 Å². The number of nitrogens with one attached hydrogen (secondary N) is 2. The second-order valence-corrected chi connectivity index (χ2v) is 7.29. The third-order valence-electron chi connectivity index (χ3n) is 5.25. The molecule has 1 aromatic heterocycles. The van der Waals surface area contributed by atoms with Gasteiger partial charge in [0.1, 0.15) is 5.82 Å². The number of rotatable bonds is 5. The predicted molar refractivity (Wildman–Crippen MR) is 107 cm³/mol. The van der Waals surface area contributed by atoms with Crippen LogP contribution in [0.2, 0.25) is 0 Å². The Kier molecular flexibility index (Phi) is 4.86. The molecule has 3 aromatic rings. The Balaban J connectivity index is 1.34. The Morgan fingerprint density at radius 3 is 2.82 bits per heavy atom. The highest BCUT2D eigenvalue weighted by molar-refractivity contribution is 6.00. The van der Waals surface area contributed by atoms with Gasteiger partial charge in [0.05, 0.1) is 5.92 Å². The van der Waals surface area contributed by atoms with Gasteiger partial charge < -0.3 is 15.2 Å². The zero-order chi connectivity index (χ0) is 19.7. The third kappa shape index (κ3) is 3.63. The maximum absolute atomic E-state index is 13.1. The van der Waals surface area contributed by atoms with Gasteiger partial charge in [0.25, 0.3) is 0 Å². The molecule has 0 spiro atoms. The molecule has 5 nitrogen and oxygen atoms in total. The average molecular weight is 379 g/mol. The first kappa shape index (κ1) is 18.2. The van der Waals surface area contributed by atoms with Crippen LogP contribution in [0.3, 0.4) is 0 Å². The molecule has 1 aliphatic rings. The monoisotopic (exact) mass is 379 g/mol. The highest BCUT2D eigenvalue weighted by atomic mass is 19.1. The van der Waals surface area contributed by atoms with E-state index in [0.717, 1.165) is 17.5 Å². The fourth-order valence-corrected chi connectivity index (χ4v) is 3.72. The first-order chi connectivity index (χ1) is 13.5. The zero-order valence-electron chi connectivity index (χ0n) is 15.7. The highest BCUT2D eigenvalue weighted by Gasteiger charge is 2.34. The lowest BCUT2D eigenvalue weighted by atomic mass is 10.1. The molecule has 1 fully saturated rings. The van der Waals surface area contributed by atoms with Gasteiger partial charge >= 0.3 is 0 Å². The molecule has 0 bridgehead atoms. The lowest BCUT2D eigenvalue weighted by Gasteiger charge is -2.16. The normalized spacial score (nSPS) is 16.7. The topological polar surface area (TPSA) is 65.2 Å². The summed E-state index contributed by atoms with van der Waals surface area (Å²) < 4.78 is 13.1. The Hall–Kier alpha value is -3.15. The Morgan fingerprint density at radius 1 is 1.25 bits per heavy atom. The van der Waals surface area contributed by atoms with Gasteiger partial charge in [-0.05, 0) is 55.3 Å². The van der Waals surface area contributed by atoms with E-state index >= 15 is 0 Å². The molecule has 28 heavy (non-hydrogen) atoms. The summed E-state index contributed by atoms with van der Waals surface area (Å²) in [5.74, 6) is -0.965. The van der Waals surface area contributed by atoms with Crippen molar-refractivity contribution in [3.63, 3.8) is 0 Å². The lowest BCUT2D eigenvalue weighted by Crippen LogP contribution is -2.34. The number of carbonyl (C=O) groups is 2. The second-order valence-electron chi connectivity index (χ2n) is 7.29. The summed E-state index contributed by atoms with van der Waals surface area (Å²) in [6.07, 6.45) is 2.87.